The number of nitrogens with zero attached hydrogens (tertiary/aromatic N) is 1. The average Bonchev–Trinajstić information content (AvgIpc) is 2.29. The second-order valence-corrected chi connectivity index (χ2v) is 6.01. The zero-order chi connectivity index (χ0) is 12.4. The van der Waals surface area contributed by atoms with E-state index in [1.54, 1.807) is 0 Å². The summed E-state index contributed by atoms with van der Waals surface area (Å²) in [5.74, 6) is 0. The Labute approximate surface area is 112 Å². The van der Waals surface area contributed by atoms with Crippen molar-refractivity contribution in [3.8, 4) is 0 Å². The molecule has 3 heteroatoms. The lowest BCUT2D eigenvalue weighted by Crippen LogP contribution is -2.46. The van der Waals surface area contributed by atoms with Gasteiger partial charge in [-0.05, 0) is 44.4 Å². The van der Waals surface area contributed by atoms with Crippen molar-refractivity contribution in [3.63, 3.8) is 0 Å². The number of rotatable bonds is 2. The van der Waals surface area contributed by atoms with E-state index in [4.69, 9.17) is 5.73 Å². The second kappa shape index (κ2) is 5.51. The smallest absolute Gasteiger partial charge is 0.0322 e. The van der Waals surface area contributed by atoms with Crippen molar-refractivity contribution in [1.29, 1.82) is 0 Å². The highest BCUT2D eigenvalue weighted by molar-refractivity contribution is 9.10. The molecule has 0 aliphatic carbocycles. The van der Waals surface area contributed by atoms with Crippen molar-refractivity contribution in [2.75, 3.05) is 6.54 Å². The molecule has 94 valence electrons. The Bertz CT molecular complexity index is 363. The summed E-state index contributed by atoms with van der Waals surface area (Å²) in [6.45, 7) is 5.69. The van der Waals surface area contributed by atoms with E-state index in [2.05, 4.69) is 58.9 Å². The topological polar surface area (TPSA) is 29.3 Å². The van der Waals surface area contributed by atoms with Crippen LogP contribution in [-0.4, -0.2) is 23.5 Å². The molecule has 1 aliphatic heterocycles. The van der Waals surface area contributed by atoms with Crippen molar-refractivity contribution < 1.29 is 0 Å². The quantitative estimate of drug-likeness (QED) is 0.907. The molecule has 0 radical (unpaired) electrons. The SMILES string of the molecule is CC1CC(N)CCN1C(C)c1ccc(Br)cc1. The third-order valence-corrected chi connectivity index (χ3v) is 4.35. The summed E-state index contributed by atoms with van der Waals surface area (Å²) in [5, 5.41) is 0. The molecule has 0 aromatic heterocycles. The van der Waals surface area contributed by atoms with Crippen LogP contribution in [0.3, 0.4) is 0 Å². The largest absolute Gasteiger partial charge is 0.328 e. The number of hydrogen-bond acceptors (Lipinski definition) is 2. The van der Waals surface area contributed by atoms with Crippen molar-refractivity contribution in [2.45, 2.75) is 44.8 Å². The van der Waals surface area contributed by atoms with Crippen molar-refractivity contribution in [3.05, 3.63) is 34.3 Å². The number of benzene rings is 1. The van der Waals surface area contributed by atoms with Gasteiger partial charge < -0.3 is 5.73 Å². The normalized spacial score (nSPS) is 28.0. The summed E-state index contributed by atoms with van der Waals surface area (Å²) in [7, 11) is 0. The molecule has 1 heterocycles. The maximum atomic E-state index is 6.01. The zero-order valence-electron chi connectivity index (χ0n) is 10.6. The first kappa shape index (κ1) is 13.1. The number of halogens is 1. The first-order valence-corrected chi connectivity index (χ1v) is 7.14. The van der Waals surface area contributed by atoms with Gasteiger partial charge in [0.2, 0.25) is 0 Å². The van der Waals surface area contributed by atoms with Crippen molar-refractivity contribution >= 4 is 15.9 Å². The fraction of sp³-hybridized carbons (Fsp3) is 0.571. The van der Waals surface area contributed by atoms with Gasteiger partial charge in [0.15, 0.2) is 0 Å². The molecule has 0 amide bonds. The van der Waals surface area contributed by atoms with Gasteiger partial charge >= 0.3 is 0 Å². The highest BCUT2D eigenvalue weighted by atomic mass is 79.9. The van der Waals surface area contributed by atoms with Crippen LogP contribution in [0.25, 0.3) is 0 Å². The summed E-state index contributed by atoms with van der Waals surface area (Å²) in [6, 6.07) is 10.1. The number of piperidine rings is 1. The Morgan fingerprint density at radius 1 is 1.35 bits per heavy atom. The van der Waals surface area contributed by atoms with Crippen LogP contribution in [0.2, 0.25) is 0 Å². The van der Waals surface area contributed by atoms with Gasteiger partial charge in [-0.25, -0.2) is 0 Å². The lowest BCUT2D eigenvalue weighted by Gasteiger charge is -2.40. The Morgan fingerprint density at radius 3 is 2.59 bits per heavy atom. The fourth-order valence-corrected chi connectivity index (χ4v) is 3.00. The lowest BCUT2D eigenvalue weighted by atomic mass is 9.95. The van der Waals surface area contributed by atoms with E-state index >= 15 is 0 Å². The number of hydrogen-bond donors (Lipinski definition) is 1. The predicted molar refractivity (Wildman–Crippen MR) is 75.9 cm³/mol. The predicted octanol–water partition coefficient (Wildman–Crippen LogP) is 3.32. The molecule has 1 aromatic rings. The molecule has 2 N–H and O–H groups in total. The summed E-state index contributed by atoms with van der Waals surface area (Å²) in [4.78, 5) is 2.56. The summed E-state index contributed by atoms with van der Waals surface area (Å²) < 4.78 is 1.14. The van der Waals surface area contributed by atoms with Gasteiger partial charge in [-0.1, -0.05) is 28.1 Å². The molecule has 17 heavy (non-hydrogen) atoms. The molecule has 3 atom stereocenters. The molecule has 3 unspecified atom stereocenters. The molecule has 0 saturated carbocycles. The number of likely N-dealkylation sites (tertiary alicyclic amines) is 1. The van der Waals surface area contributed by atoms with Gasteiger partial charge in [0.25, 0.3) is 0 Å². The van der Waals surface area contributed by atoms with Crippen molar-refractivity contribution in [2.24, 2.45) is 5.73 Å². The van der Waals surface area contributed by atoms with Crippen LogP contribution in [0.15, 0.2) is 28.7 Å². The van der Waals surface area contributed by atoms with Gasteiger partial charge in [0, 0.05) is 29.1 Å². The van der Waals surface area contributed by atoms with Gasteiger partial charge in [-0.2, -0.15) is 0 Å². The van der Waals surface area contributed by atoms with Gasteiger partial charge in [-0.3, -0.25) is 4.90 Å². The molecule has 2 rings (SSSR count). The molecule has 2 nitrogen and oxygen atoms in total. The second-order valence-electron chi connectivity index (χ2n) is 5.10. The van der Waals surface area contributed by atoms with Crippen LogP contribution >= 0.6 is 15.9 Å². The van der Waals surface area contributed by atoms with Gasteiger partial charge in [0.05, 0.1) is 0 Å². The zero-order valence-corrected chi connectivity index (χ0v) is 12.2. The standard InChI is InChI=1S/C14H21BrN2/c1-10-9-14(16)7-8-17(10)11(2)12-3-5-13(15)6-4-12/h3-6,10-11,14H,7-9,16H2,1-2H3. The van der Waals surface area contributed by atoms with Crippen molar-refractivity contribution in [1.82, 2.24) is 4.90 Å². The van der Waals surface area contributed by atoms with Crippen LogP contribution < -0.4 is 5.73 Å². The van der Waals surface area contributed by atoms with Gasteiger partial charge in [-0.15, -0.1) is 0 Å². The van der Waals surface area contributed by atoms with E-state index in [0.29, 0.717) is 18.1 Å². The third kappa shape index (κ3) is 3.09. The lowest BCUT2D eigenvalue weighted by molar-refractivity contribution is 0.104. The van der Waals surface area contributed by atoms with E-state index in [1.807, 2.05) is 0 Å². The molecule has 0 bridgehead atoms. The number of nitrogens with two attached hydrogens (primary N) is 1. The molecule has 1 aliphatic rings. The Morgan fingerprint density at radius 2 is 2.00 bits per heavy atom. The van der Waals surface area contributed by atoms with Gasteiger partial charge in [0.1, 0.15) is 0 Å². The van der Waals surface area contributed by atoms with Crippen LogP contribution in [-0.2, 0) is 0 Å². The molecule has 1 fully saturated rings. The van der Waals surface area contributed by atoms with Crippen LogP contribution in [0.4, 0.5) is 0 Å². The molecule has 0 spiro atoms. The summed E-state index contributed by atoms with van der Waals surface area (Å²) in [6.07, 6.45) is 2.23. The Balaban J connectivity index is 2.09. The first-order chi connectivity index (χ1) is 8.08. The van der Waals surface area contributed by atoms with E-state index in [0.717, 1.165) is 23.9 Å². The molecular weight excluding hydrogens is 276 g/mol. The monoisotopic (exact) mass is 296 g/mol. The first-order valence-electron chi connectivity index (χ1n) is 6.34. The maximum Gasteiger partial charge on any atom is 0.0322 e. The van der Waals surface area contributed by atoms with E-state index in [9.17, 15) is 0 Å². The Hall–Kier alpha value is -0.380. The summed E-state index contributed by atoms with van der Waals surface area (Å²) in [5.41, 5.74) is 7.40. The highest BCUT2D eigenvalue weighted by Crippen LogP contribution is 2.28. The Kier molecular flexibility index (Phi) is 4.23. The fourth-order valence-electron chi connectivity index (χ4n) is 2.73. The molecular formula is C14H21BrN2. The highest BCUT2D eigenvalue weighted by Gasteiger charge is 2.27. The third-order valence-electron chi connectivity index (χ3n) is 3.82. The minimum atomic E-state index is 0.387. The summed E-state index contributed by atoms with van der Waals surface area (Å²) >= 11 is 3.48. The minimum Gasteiger partial charge on any atom is -0.328 e. The van der Waals surface area contributed by atoms with E-state index in [1.165, 1.54) is 5.56 Å². The van der Waals surface area contributed by atoms with E-state index in [-0.39, 0.29) is 0 Å². The maximum absolute atomic E-state index is 6.01. The molecule has 1 aromatic carbocycles. The van der Waals surface area contributed by atoms with Crippen LogP contribution in [0.5, 0.6) is 0 Å². The van der Waals surface area contributed by atoms with Crippen LogP contribution in [0.1, 0.15) is 38.3 Å². The minimum absolute atomic E-state index is 0.387. The average molecular weight is 297 g/mol. The van der Waals surface area contributed by atoms with Crippen LogP contribution in [0, 0.1) is 0 Å². The van der Waals surface area contributed by atoms with E-state index < -0.39 is 0 Å². The molecule has 1 saturated heterocycles.